The number of carbonyl (C=O) groups excluding carboxylic acids is 2. The molecule has 1 heterocycles. The third-order valence-electron chi connectivity index (χ3n) is 2.92. The van der Waals surface area contributed by atoms with Gasteiger partial charge in [-0.15, -0.1) is 0 Å². The van der Waals surface area contributed by atoms with E-state index in [9.17, 15) is 9.59 Å². The molecule has 17 heavy (non-hydrogen) atoms. The SMILES string of the molecule is CCC(C)C(=O)OCC1(COI)CCC(=O)O1. The molecule has 1 rings (SSSR count). The van der Waals surface area contributed by atoms with E-state index in [0.717, 1.165) is 6.42 Å². The Kier molecular flexibility index (Phi) is 5.64. The minimum atomic E-state index is -0.790. The predicted octanol–water partition coefficient (Wildman–Crippen LogP) is 2.02. The van der Waals surface area contributed by atoms with Gasteiger partial charge in [0.1, 0.15) is 36.2 Å². The molecule has 2 atom stereocenters. The van der Waals surface area contributed by atoms with Crippen molar-refractivity contribution in [3.05, 3.63) is 0 Å². The number of esters is 2. The second-order valence-electron chi connectivity index (χ2n) is 4.33. The van der Waals surface area contributed by atoms with Gasteiger partial charge in [-0.25, -0.2) is 0 Å². The molecule has 0 N–H and O–H groups in total. The summed E-state index contributed by atoms with van der Waals surface area (Å²) in [6, 6.07) is 0. The van der Waals surface area contributed by atoms with Crippen molar-refractivity contribution >= 4 is 34.9 Å². The summed E-state index contributed by atoms with van der Waals surface area (Å²) in [6.07, 6.45) is 1.61. The second-order valence-corrected chi connectivity index (χ2v) is 4.95. The first-order chi connectivity index (χ1) is 8.03. The molecule has 0 aromatic rings. The summed E-state index contributed by atoms with van der Waals surface area (Å²) in [7, 11) is 0. The molecule has 6 heteroatoms. The second kappa shape index (κ2) is 6.53. The lowest BCUT2D eigenvalue weighted by molar-refractivity contribution is -0.167. The summed E-state index contributed by atoms with van der Waals surface area (Å²) in [5, 5.41) is 0. The van der Waals surface area contributed by atoms with E-state index in [0.29, 0.717) is 12.8 Å². The quantitative estimate of drug-likeness (QED) is 0.538. The van der Waals surface area contributed by atoms with Gasteiger partial charge in [0.25, 0.3) is 0 Å². The summed E-state index contributed by atoms with van der Waals surface area (Å²) >= 11 is 1.74. The molecular weight excluding hydrogens is 339 g/mol. The smallest absolute Gasteiger partial charge is 0.308 e. The van der Waals surface area contributed by atoms with E-state index in [2.05, 4.69) is 0 Å². The van der Waals surface area contributed by atoms with Crippen LogP contribution in [0.5, 0.6) is 0 Å². The van der Waals surface area contributed by atoms with Crippen LogP contribution < -0.4 is 0 Å². The van der Waals surface area contributed by atoms with Crippen LogP contribution in [0, 0.1) is 5.92 Å². The molecule has 1 fully saturated rings. The Labute approximate surface area is 115 Å². The van der Waals surface area contributed by atoms with Gasteiger partial charge in [0.05, 0.1) is 5.92 Å². The highest BCUT2D eigenvalue weighted by Crippen LogP contribution is 2.28. The van der Waals surface area contributed by atoms with Gasteiger partial charge < -0.3 is 12.5 Å². The zero-order valence-corrected chi connectivity index (χ0v) is 12.2. The average Bonchev–Trinajstić information content (AvgIpc) is 2.68. The van der Waals surface area contributed by atoms with Crippen LogP contribution >= 0.6 is 23.0 Å². The van der Waals surface area contributed by atoms with Gasteiger partial charge in [-0.2, -0.15) is 0 Å². The van der Waals surface area contributed by atoms with E-state index in [1.165, 1.54) is 0 Å². The molecule has 0 aromatic carbocycles. The van der Waals surface area contributed by atoms with Crippen molar-refractivity contribution in [2.24, 2.45) is 5.92 Å². The molecule has 1 saturated heterocycles. The van der Waals surface area contributed by atoms with Crippen molar-refractivity contribution < 1.29 is 22.1 Å². The van der Waals surface area contributed by atoms with E-state index in [-0.39, 0.29) is 31.1 Å². The zero-order chi connectivity index (χ0) is 12.9. The van der Waals surface area contributed by atoms with Crippen molar-refractivity contribution in [1.29, 1.82) is 0 Å². The number of carbonyl (C=O) groups is 2. The topological polar surface area (TPSA) is 61.8 Å². The molecule has 1 aliphatic heterocycles. The van der Waals surface area contributed by atoms with Crippen LogP contribution in [-0.4, -0.2) is 30.8 Å². The standard InChI is InChI=1S/C11H17IO5/c1-3-8(2)10(14)15-6-11(7-16-12)5-4-9(13)17-11/h8H,3-7H2,1-2H3. The van der Waals surface area contributed by atoms with E-state index < -0.39 is 5.60 Å². The summed E-state index contributed by atoms with van der Waals surface area (Å²) in [5.41, 5.74) is -0.790. The van der Waals surface area contributed by atoms with Crippen LogP contribution in [0.4, 0.5) is 0 Å². The molecule has 0 spiro atoms. The Morgan fingerprint density at radius 1 is 1.59 bits per heavy atom. The largest absolute Gasteiger partial charge is 0.461 e. The summed E-state index contributed by atoms with van der Waals surface area (Å²) in [5.74, 6) is -0.661. The maximum Gasteiger partial charge on any atom is 0.308 e. The third-order valence-corrected chi connectivity index (χ3v) is 3.24. The van der Waals surface area contributed by atoms with Gasteiger partial charge in [-0.3, -0.25) is 9.59 Å². The first-order valence-electron chi connectivity index (χ1n) is 5.65. The first kappa shape index (κ1) is 14.7. The first-order valence-corrected chi connectivity index (χ1v) is 6.53. The number of ether oxygens (including phenoxy) is 2. The lowest BCUT2D eigenvalue weighted by Gasteiger charge is -2.26. The molecule has 2 unspecified atom stereocenters. The molecule has 5 nitrogen and oxygen atoms in total. The van der Waals surface area contributed by atoms with Crippen LogP contribution in [0.1, 0.15) is 33.1 Å². The molecule has 1 aliphatic rings. The number of rotatable bonds is 6. The van der Waals surface area contributed by atoms with Gasteiger partial charge in [0, 0.05) is 12.8 Å². The number of halogens is 1. The minimum absolute atomic E-state index is 0.0743. The molecule has 0 aromatic heterocycles. The average molecular weight is 356 g/mol. The van der Waals surface area contributed by atoms with E-state index in [4.69, 9.17) is 12.5 Å². The van der Waals surface area contributed by atoms with Gasteiger partial charge >= 0.3 is 11.9 Å². The van der Waals surface area contributed by atoms with Crippen molar-refractivity contribution in [3.8, 4) is 0 Å². The molecule has 0 radical (unpaired) electrons. The molecule has 0 bridgehead atoms. The molecular formula is C11H17IO5. The maximum absolute atomic E-state index is 11.6. The highest BCUT2D eigenvalue weighted by atomic mass is 127. The van der Waals surface area contributed by atoms with Crippen molar-refractivity contribution in [2.75, 3.05) is 13.2 Å². The van der Waals surface area contributed by atoms with E-state index in [1.54, 1.807) is 23.0 Å². The van der Waals surface area contributed by atoms with Crippen LogP contribution in [0.15, 0.2) is 0 Å². The van der Waals surface area contributed by atoms with Crippen molar-refractivity contribution in [3.63, 3.8) is 0 Å². The Balaban J connectivity index is 2.51. The van der Waals surface area contributed by atoms with E-state index >= 15 is 0 Å². The molecule has 98 valence electrons. The van der Waals surface area contributed by atoms with Crippen LogP contribution in [0.3, 0.4) is 0 Å². The fourth-order valence-corrected chi connectivity index (χ4v) is 2.10. The number of hydrogen-bond acceptors (Lipinski definition) is 5. The monoisotopic (exact) mass is 356 g/mol. The fourth-order valence-electron chi connectivity index (χ4n) is 1.53. The van der Waals surface area contributed by atoms with Crippen LogP contribution in [-0.2, 0) is 22.1 Å². The third kappa shape index (κ3) is 4.09. The Hall–Kier alpha value is -0.370. The van der Waals surface area contributed by atoms with Gasteiger partial charge in [-0.1, -0.05) is 13.8 Å². The number of cyclic esters (lactones) is 1. The lowest BCUT2D eigenvalue weighted by atomic mass is 10.0. The minimum Gasteiger partial charge on any atom is -0.461 e. The van der Waals surface area contributed by atoms with Crippen molar-refractivity contribution in [2.45, 2.75) is 38.7 Å². The van der Waals surface area contributed by atoms with Gasteiger partial charge in [0.2, 0.25) is 0 Å². The summed E-state index contributed by atoms with van der Waals surface area (Å²) in [4.78, 5) is 22.7. The lowest BCUT2D eigenvalue weighted by Crippen LogP contribution is -2.40. The molecule has 0 aliphatic carbocycles. The highest BCUT2D eigenvalue weighted by molar-refractivity contribution is 14.1. The number of hydrogen-bond donors (Lipinski definition) is 0. The molecule has 0 amide bonds. The van der Waals surface area contributed by atoms with E-state index in [1.807, 2.05) is 13.8 Å². The van der Waals surface area contributed by atoms with Crippen molar-refractivity contribution in [1.82, 2.24) is 0 Å². The highest BCUT2D eigenvalue weighted by Gasteiger charge is 2.42. The normalized spacial score (nSPS) is 25.5. The Morgan fingerprint density at radius 2 is 2.29 bits per heavy atom. The zero-order valence-electron chi connectivity index (χ0n) is 10.0. The predicted molar refractivity (Wildman–Crippen MR) is 68.4 cm³/mol. The fraction of sp³-hybridized carbons (Fsp3) is 0.818. The summed E-state index contributed by atoms with van der Waals surface area (Å²) in [6.45, 7) is 4.05. The van der Waals surface area contributed by atoms with Crippen LogP contribution in [0.25, 0.3) is 0 Å². The molecule has 0 saturated carbocycles. The Bertz CT molecular complexity index is 294. The van der Waals surface area contributed by atoms with Crippen LogP contribution in [0.2, 0.25) is 0 Å². The van der Waals surface area contributed by atoms with Gasteiger partial charge in [0.15, 0.2) is 5.60 Å². The van der Waals surface area contributed by atoms with Gasteiger partial charge in [-0.05, 0) is 6.42 Å². The summed E-state index contributed by atoms with van der Waals surface area (Å²) < 4.78 is 15.4. The Morgan fingerprint density at radius 3 is 2.76 bits per heavy atom. The maximum atomic E-state index is 11.6.